The van der Waals surface area contributed by atoms with Gasteiger partial charge in [-0.15, -0.1) is 0 Å². The maximum atomic E-state index is 3.95. The van der Waals surface area contributed by atoms with Gasteiger partial charge in [-0.1, -0.05) is 6.92 Å². The summed E-state index contributed by atoms with van der Waals surface area (Å²) in [4.78, 5) is 2.20. The van der Waals surface area contributed by atoms with Gasteiger partial charge in [0.25, 0.3) is 0 Å². The Balaban J connectivity index is 0. The minimum Gasteiger partial charge on any atom is -0.459 e. The molecule has 0 aromatic heterocycles. The van der Waals surface area contributed by atoms with Gasteiger partial charge < -0.3 is 12.3 Å². The molecule has 1 saturated carbocycles. The van der Waals surface area contributed by atoms with Gasteiger partial charge in [0.15, 0.2) is 0 Å². The molecule has 2 aliphatic rings. The van der Waals surface area contributed by atoms with Crippen LogP contribution in [0, 0.1) is 25.8 Å². The van der Waals surface area contributed by atoms with Crippen LogP contribution in [0.2, 0.25) is 0 Å². The molecule has 1 aliphatic heterocycles. The van der Waals surface area contributed by atoms with E-state index in [2.05, 4.69) is 18.9 Å². The molecule has 0 amide bonds. The quantitative estimate of drug-likeness (QED) is 0.538. The Morgan fingerprint density at radius 1 is 1.31 bits per heavy atom. The fourth-order valence-corrected chi connectivity index (χ4v) is 2.25. The van der Waals surface area contributed by atoms with Crippen LogP contribution in [0.3, 0.4) is 0 Å². The molecule has 13 heavy (non-hydrogen) atoms. The van der Waals surface area contributed by atoms with Crippen molar-refractivity contribution in [3.63, 3.8) is 0 Å². The van der Waals surface area contributed by atoms with Crippen LogP contribution in [0.1, 0.15) is 26.2 Å². The fraction of sp³-hybridized carbons (Fsp3) is 0.800. The molecule has 3 heteroatoms. The first-order chi connectivity index (χ1) is 4.73. The minimum atomic E-state index is 0. The number of piperidine rings is 1. The third kappa shape index (κ3) is 3.67. The summed E-state index contributed by atoms with van der Waals surface area (Å²) in [5.41, 5.74) is 0.786. The summed E-state index contributed by atoms with van der Waals surface area (Å²) in [6.07, 6.45) is 4.29. The van der Waals surface area contributed by atoms with E-state index < -0.39 is 0 Å². The first-order valence-corrected chi connectivity index (χ1v) is 4.28. The van der Waals surface area contributed by atoms with E-state index in [0.29, 0.717) is 0 Å². The summed E-state index contributed by atoms with van der Waals surface area (Å²) < 4.78 is 0. The second-order valence-electron chi connectivity index (χ2n) is 4.09. The van der Waals surface area contributed by atoms with Gasteiger partial charge >= 0.3 is 21.1 Å². The van der Waals surface area contributed by atoms with Crippen LogP contribution < -0.4 is 0 Å². The maximum absolute atomic E-state index is 3.95. The molecule has 0 bridgehead atoms. The van der Waals surface area contributed by atoms with E-state index in [0.717, 1.165) is 11.3 Å². The van der Waals surface area contributed by atoms with Crippen molar-refractivity contribution in [1.29, 1.82) is 0 Å². The van der Waals surface area contributed by atoms with E-state index in [1.807, 2.05) is 0 Å². The van der Waals surface area contributed by atoms with E-state index in [1.165, 1.54) is 32.4 Å². The molecule has 1 radical (unpaired) electrons. The van der Waals surface area contributed by atoms with Crippen molar-refractivity contribution in [3.8, 4) is 0 Å². The van der Waals surface area contributed by atoms with Crippen molar-refractivity contribution >= 4 is 0 Å². The van der Waals surface area contributed by atoms with Crippen molar-refractivity contribution in [3.05, 3.63) is 14.5 Å². The molecule has 1 atom stereocenters. The minimum absolute atomic E-state index is 0. The van der Waals surface area contributed by atoms with Gasteiger partial charge in [0.2, 0.25) is 0 Å². The maximum Gasteiger partial charge on any atom is 2.00 e. The monoisotopic (exact) mass is 426 g/mol. The summed E-state index contributed by atoms with van der Waals surface area (Å²) in [6.45, 7) is 4.84. The Morgan fingerprint density at radius 2 is 1.69 bits per heavy atom. The van der Waals surface area contributed by atoms with Gasteiger partial charge in [-0.2, -0.15) is 0 Å². The van der Waals surface area contributed by atoms with Crippen LogP contribution in [-0.2, 0) is 53.8 Å². The molecule has 1 heterocycles. The molecular formula is C10H19NWY. The van der Waals surface area contributed by atoms with Gasteiger partial charge in [-0.05, 0) is 43.7 Å². The molecule has 0 aromatic rings. The third-order valence-electron chi connectivity index (χ3n) is 3.45. The molecule has 1 aliphatic carbocycles. The van der Waals surface area contributed by atoms with Gasteiger partial charge in [0.1, 0.15) is 0 Å². The van der Waals surface area contributed by atoms with Gasteiger partial charge in [-0.3, -0.25) is 7.05 Å². The normalized spacial score (nSPS) is 29.5. The van der Waals surface area contributed by atoms with E-state index >= 15 is 0 Å². The summed E-state index contributed by atoms with van der Waals surface area (Å²) in [7, 11) is 3.95. The Morgan fingerprint density at radius 3 is 2.00 bits per heavy atom. The molecule has 73 valence electrons. The number of hydrogen-bond acceptors (Lipinski definition) is 1. The molecule has 2 rings (SSSR count). The second kappa shape index (κ2) is 6.36. The summed E-state index contributed by atoms with van der Waals surface area (Å²) in [6, 6.07) is 0. The van der Waals surface area contributed by atoms with Gasteiger partial charge in [0.05, 0.1) is 0 Å². The van der Waals surface area contributed by atoms with Crippen LogP contribution in [-0.4, -0.2) is 18.0 Å². The predicted molar refractivity (Wildman–Crippen MR) is 48.8 cm³/mol. The Labute approximate surface area is 123 Å². The van der Waals surface area contributed by atoms with Crippen LogP contribution >= 0.6 is 0 Å². The van der Waals surface area contributed by atoms with Gasteiger partial charge in [-0.25, -0.2) is 0 Å². The summed E-state index contributed by atoms with van der Waals surface area (Å²) in [5.74, 6) is 1.01. The predicted octanol–water partition coefficient (Wildman–Crippen LogP) is 2.35. The van der Waals surface area contributed by atoms with Gasteiger partial charge in [0, 0.05) is 32.7 Å². The third-order valence-corrected chi connectivity index (χ3v) is 3.45. The van der Waals surface area contributed by atoms with E-state index in [-0.39, 0.29) is 61.2 Å². The van der Waals surface area contributed by atoms with E-state index in [4.69, 9.17) is 0 Å². The zero-order chi connectivity index (χ0) is 7.19. The van der Waals surface area contributed by atoms with Crippen molar-refractivity contribution in [2.24, 2.45) is 11.3 Å². The molecule has 1 unspecified atom stereocenters. The first-order valence-electron chi connectivity index (χ1n) is 4.28. The number of nitrogens with zero attached hydrogens (tertiary/aromatic N) is 1. The van der Waals surface area contributed by atoms with Crippen LogP contribution in [0.4, 0.5) is 0 Å². The Hall–Kier alpha value is 1.75. The van der Waals surface area contributed by atoms with E-state index in [9.17, 15) is 0 Å². The smallest absolute Gasteiger partial charge is 0.459 e. The largest absolute Gasteiger partial charge is 2.00 e. The molecule has 0 aromatic carbocycles. The standard InChI is InChI=1S/C9H16N.CH3.W.Y/c1-8-7-9(8)3-5-10(2)6-4-9;;;/h8H,2-7H2,1H3;1H3;;/q2*-1;+2;. The van der Waals surface area contributed by atoms with Crippen molar-refractivity contribution in [1.82, 2.24) is 4.90 Å². The zero-order valence-electron chi connectivity index (χ0n) is 8.75. The molecule has 1 saturated heterocycles. The molecule has 0 N–H and O–H groups in total. The average Bonchev–Trinajstić information content (AvgIpc) is 2.53. The molecular weight excluding hydrogens is 407 g/mol. The second-order valence-corrected chi connectivity index (χ2v) is 4.09. The Kier molecular flexibility index (Phi) is 8.39. The van der Waals surface area contributed by atoms with Crippen molar-refractivity contribution in [2.75, 3.05) is 13.1 Å². The fourth-order valence-electron chi connectivity index (χ4n) is 2.25. The number of hydrogen-bond donors (Lipinski definition) is 0. The van der Waals surface area contributed by atoms with Crippen molar-refractivity contribution < 1.29 is 53.8 Å². The van der Waals surface area contributed by atoms with Crippen LogP contribution in [0.25, 0.3) is 0 Å². The Bertz CT molecular complexity index is 144. The van der Waals surface area contributed by atoms with Crippen LogP contribution in [0.15, 0.2) is 0 Å². The number of rotatable bonds is 0. The molecule has 2 fully saturated rings. The molecule has 1 nitrogen and oxygen atoms in total. The SMILES string of the molecule is [CH2-]N1CCC2(CC1)CC2C.[CH3-].[W+2].[Y]. The van der Waals surface area contributed by atoms with E-state index in [1.54, 1.807) is 0 Å². The molecule has 1 spiro atoms. The zero-order valence-corrected chi connectivity index (χ0v) is 14.5. The summed E-state index contributed by atoms with van der Waals surface area (Å²) >= 11 is 0. The summed E-state index contributed by atoms with van der Waals surface area (Å²) in [5, 5.41) is 0. The average molecular weight is 426 g/mol. The number of likely N-dealkylation sites (tertiary alicyclic amines) is 1. The first kappa shape index (κ1) is 17.2. The topological polar surface area (TPSA) is 3.24 Å². The van der Waals surface area contributed by atoms with Crippen molar-refractivity contribution in [2.45, 2.75) is 26.2 Å². The van der Waals surface area contributed by atoms with Crippen LogP contribution in [0.5, 0.6) is 0 Å².